The molecule has 4 aromatic rings. The van der Waals surface area contributed by atoms with Crippen LogP contribution >= 0.6 is 0 Å². The summed E-state index contributed by atoms with van der Waals surface area (Å²) in [7, 11) is 1.58. The van der Waals surface area contributed by atoms with Crippen molar-refractivity contribution in [2.45, 2.75) is 20.0 Å². The van der Waals surface area contributed by atoms with Crippen LogP contribution in [0.3, 0.4) is 0 Å². The van der Waals surface area contributed by atoms with Gasteiger partial charge < -0.3 is 19.2 Å². The van der Waals surface area contributed by atoms with Crippen molar-refractivity contribution in [2.24, 2.45) is 0 Å². The lowest BCUT2D eigenvalue weighted by Crippen LogP contribution is -2.30. The predicted molar refractivity (Wildman–Crippen MR) is 110 cm³/mol. The maximum atomic E-state index is 12.7. The van der Waals surface area contributed by atoms with Crippen molar-refractivity contribution in [2.75, 3.05) is 12.4 Å². The molecule has 28 heavy (non-hydrogen) atoms. The summed E-state index contributed by atoms with van der Waals surface area (Å²) in [5.74, 6) is 0.984. The molecule has 0 bridgehead atoms. The zero-order chi connectivity index (χ0) is 19.7. The van der Waals surface area contributed by atoms with Crippen LogP contribution in [-0.2, 0) is 4.79 Å². The Morgan fingerprint density at radius 2 is 1.71 bits per heavy atom. The molecule has 0 aliphatic heterocycles. The fraction of sp³-hybridized carbons (Fsp3) is 0.174. The summed E-state index contributed by atoms with van der Waals surface area (Å²) in [5.41, 5.74) is 2.99. The Morgan fingerprint density at radius 1 is 0.964 bits per heavy atom. The number of nitrogens with one attached hydrogen (secondary N) is 1. The molecule has 0 aliphatic carbocycles. The van der Waals surface area contributed by atoms with Crippen LogP contribution in [-0.4, -0.2) is 19.1 Å². The van der Waals surface area contributed by atoms with Gasteiger partial charge in [0.05, 0.1) is 12.8 Å². The zero-order valence-corrected chi connectivity index (χ0v) is 16.0. The molecule has 0 fully saturated rings. The summed E-state index contributed by atoms with van der Waals surface area (Å²) in [6, 6.07) is 19.1. The summed E-state index contributed by atoms with van der Waals surface area (Å²) >= 11 is 0. The third-order valence-electron chi connectivity index (χ3n) is 4.72. The molecule has 0 saturated heterocycles. The van der Waals surface area contributed by atoms with Crippen LogP contribution in [0.25, 0.3) is 21.9 Å². The number of hydrogen-bond acceptors (Lipinski definition) is 4. The third kappa shape index (κ3) is 3.27. The van der Waals surface area contributed by atoms with Crippen LogP contribution < -0.4 is 14.8 Å². The number of rotatable bonds is 5. The van der Waals surface area contributed by atoms with Crippen molar-refractivity contribution < 1.29 is 18.7 Å². The Hall–Kier alpha value is -3.47. The van der Waals surface area contributed by atoms with Gasteiger partial charge in [0.1, 0.15) is 22.7 Å². The molecule has 0 radical (unpaired) electrons. The summed E-state index contributed by atoms with van der Waals surface area (Å²) in [4.78, 5) is 12.7. The summed E-state index contributed by atoms with van der Waals surface area (Å²) < 4.78 is 17.2. The predicted octanol–water partition coefficient (Wildman–Crippen LogP) is 5.31. The molecular formula is C23H21NO4. The van der Waals surface area contributed by atoms with Gasteiger partial charge in [-0.25, -0.2) is 0 Å². The number of anilines is 1. The highest BCUT2D eigenvalue weighted by Crippen LogP contribution is 2.36. The molecule has 5 nitrogen and oxygen atoms in total. The number of carbonyl (C=O) groups is 1. The lowest BCUT2D eigenvalue weighted by atomic mass is 10.1. The average molecular weight is 375 g/mol. The average Bonchev–Trinajstić information content (AvgIpc) is 3.06. The highest BCUT2D eigenvalue weighted by atomic mass is 16.5. The van der Waals surface area contributed by atoms with Crippen molar-refractivity contribution in [1.29, 1.82) is 0 Å². The van der Waals surface area contributed by atoms with Crippen molar-refractivity contribution in [3.63, 3.8) is 0 Å². The van der Waals surface area contributed by atoms with E-state index in [2.05, 4.69) is 5.32 Å². The molecule has 0 spiro atoms. The second-order valence-electron chi connectivity index (χ2n) is 6.66. The Morgan fingerprint density at radius 3 is 2.50 bits per heavy atom. The summed E-state index contributed by atoms with van der Waals surface area (Å²) in [6.45, 7) is 3.66. The van der Waals surface area contributed by atoms with Crippen molar-refractivity contribution >= 4 is 33.5 Å². The molecule has 1 aromatic heterocycles. The molecule has 142 valence electrons. The first-order valence-corrected chi connectivity index (χ1v) is 9.09. The van der Waals surface area contributed by atoms with E-state index < -0.39 is 6.10 Å². The Kier molecular flexibility index (Phi) is 4.65. The first-order chi connectivity index (χ1) is 13.6. The van der Waals surface area contributed by atoms with E-state index in [4.69, 9.17) is 13.9 Å². The zero-order valence-electron chi connectivity index (χ0n) is 16.0. The van der Waals surface area contributed by atoms with Crippen molar-refractivity contribution in [3.8, 4) is 11.5 Å². The quantitative estimate of drug-likeness (QED) is 0.514. The number of ether oxygens (including phenoxy) is 2. The van der Waals surface area contributed by atoms with E-state index in [9.17, 15) is 4.79 Å². The van der Waals surface area contributed by atoms with Crippen LogP contribution in [0, 0.1) is 6.92 Å². The molecule has 3 aromatic carbocycles. The van der Waals surface area contributed by atoms with E-state index in [1.807, 2.05) is 61.5 Å². The number of para-hydroxylation sites is 2. The SMILES string of the molecule is COc1cc2c(cc1NC(=O)[C@H](C)Oc1ccccc1C)oc1ccccc12. The summed E-state index contributed by atoms with van der Waals surface area (Å²) in [5, 5.41) is 4.83. The van der Waals surface area contributed by atoms with Crippen LogP contribution in [0.1, 0.15) is 12.5 Å². The van der Waals surface area contributed by atoms with Gasteiger partial charge in [-0.2, -0.15) is 0 Å². The smallest absolute Gasteiger partial charge is 0.265 e. The number of hydrogen-bond donors (Lipinski definition) is 1. The van der Waals surface area contributed by atoms with E-state index in [0.29, 0.717) is 22.8 Å². The number of furan rings is 1. The van der Waals surface area contributed by atoms with Gasteiger partial charge in [-0.05, 0) is 37.6 Å². The maximum absolute atomic E-state index is 12.7. The lowest BCUT2D eigenvalue weighted by Gasteiger charge is -2.17. The maximum Gasteiger partial charge on any atom is 0.265 e. The Balaban J connectivity index is 1.62. The van der Waals surface area contributed by atoms with E-state index in [1.54, 1.807) is 20.1 Å². The second-order valence-corrected chi connectivity index (χ2v) is 6.66. The first kappa shape index (κ1) is 17.9. The molecule has 5 heteroatoms. The monoisotopic (exact) mass is 375 g/mol. The van der Waals surface area contributed by atoms with Gasteiger partial charge in [0.25, 0.3) is 5.91 Å². The third-order valence-corrected chi connectivity index (χ3v) is 4.72. The Bertz CT molecular complexity index is 1160. The first-order valence-electron chi connectivity index (χ1n) is 9.09. The molecular weight excluding hydrogens is 354 g/mol. The minimum Gasteiger partial charge on any atom is -0.495 e. The van der Waals surface area contributed by atoms with Gasteiger partial charge in [-0.3, -0.25) is 4.79 Å². The number of aryl methyl sites for hydroxylation is 1. The molecule has 1 heterocycles. The molecule has 1 N–H and O–H groups in total. The molecule has 0 aliphatic rings. The topological polar surface area (TPSA) is 60.7 Å². The highest BCUT2D eigenvalue weighted by molar-refractivity contribution is 6.08. The van der Waals surface area contributed by atoms with Gasteiger partial charge in [0.15, 0.2) is 6.10 Å². The van der Waals surface area contributed by atoms with Crippen LogP contribution in [0.2, 0.25) is 0 Å². The number of amides is 1. The lowest BCUT2D eigenvalue weighted by molar-refractivity contribution is -0.122. The van der Waals surface area contributed by atoms with E-state index in [1.165, 1.54) is 0 Å². The van der Waals surface area contributed by atoms with E-state index in [0.717, 1.165) is 21.9 Å². The molecule has 0 unspecified atom stereocenters. The van der Waals surface area contributed by atoms with Gasteiger partial charge in [0.2, 0.25) is 0 Å². The normalized spacial score (nSPS) is 12.1. The minimum absolute atomic E-state index is 0.267. The highest BCUT2D eigenvalue weighted by Gasteiger charge is 2.19. The number of methoxy groups -OCH3 is 1. The van der Waals surface area contributed by atoms with Gasteiger partial charge in [-0.1, -0.05) is 36.4 Å². The van der Waals surface area contributed by atoms with Crippen LogP contribution in [0.4, 0.5) is 5.69 Å². The number of carbonyl (C=O) groups excluding carboxylic acids is 1. The van der Waals surface area contributed by atoms with Gasteiger partial charge >= 0.3 is 0 Å². The second kappa shape index (κ2) is 7.27. The standard InChI is InChI=1S/C23H21NO4/c1-14-8-4-6-10-19(14)27-15(2)23(25)24-18-13-21-17(12-22(18)26-3)16-9-5-7-11-20(16)28-21/h4-13,15H,1-3H3,(H,24,25)/t15-/m0/s1. The fourth-order valence-electron chi connectivity index (χ4n) is 3.19. The summed E-state index contributed by atoms with van der Waals surface area (Å²) in [6.07, 6.45) is -0.669. The van der Waals surface area contributed by atoms with Crippen LogP contribution in [0.15, 0.2) is 65.1 Å². The van der Waals surface area contributed by atoms with E-state index >= 15 is 0 Å². The van der Waals surface area contributed by atoms with Crippen molar-refractivity contribution in [1.82, 2.24) is 0 Å². The number of benzene rings is 3. The largest absolute Gasteiger partial charge is 0.495 e. The van der Waals surface area contributed by atoms with Crippen LogP contribution in [0.5, 0.6) is 11.5 Å². The van der Waals surface area contributed by atoms with Gasteiger partial charge in [-0.15, -0.1) is 0 Å². The molecule has 4 rings (SSSR count). The molecule has 0 saturated carbocycles. The number of fused-ring (bicyclic) bond motifs is 3. The minimum atomic E-state index is -0.669. The van der Waals surface area contributed by atoms with Gasteiger partial charge in [0, 0.05) is 16.8 Å². The molecule has 1 atom stereocenters. The van der Waals surface area contributed by atoms with Crippen molar-refractivity contribution in [3.05, 3.63) is 66.2 Å². The van der Waals surface area contributed by atoms with E-state index in [-0.39, 0.29) is 5.91 Å². The Labute approximate surface area is 162 Å². The fourth-order valence-corrected chi connectivity index (χ4v) is 3.19. The molecule has 1 amide bonds.